The Bertz CT molecular complexity index is 1090. The molecule has 0 saturated heterocycles. The largest absolute Gasteiger partial charge is 0.354 e. The van der Waals surface area contributed by atoms with Crippen molar-refractivity contribution in [2.24, 2.45) is 0 Å². The van der Waals surface area contributed by atoms with Gasteiger partial charge in [-0.3, -0.25) is 13.9 Å². The van der Waals surface area contributed by atoms with Crippen molar-refractivity contribution in [3.63, 3.8) is 0 Å². The monoisotopic (exact) mass is 501 g/mol. The van der Waals surface area contributed by atoms with E-state index in [1.54, 1.807) is 11.0 Å². The number of nitrogens with one attached hydrogen (secondary N) is 1. The van der Waals surface area contributed by atoms with Crippen LogP contribution in [0.1, 0.15) is 56.2 Å². The number of rotatable bonds is 13. The third-order valence-corrected chi connectivity index (χ3v) is 7.26. The fourth-order valence-electron chi connectivity index (χ4n) is 3.95. The second-order valence-electron chi connectivity index (χ2n) is 8.93. The second-order valence-corrected chi connectivity index (χ2v) is 10.8. The first-order valence-electron chi connectivity index (χ1n) is 12.2. The van der Waals surface area contributed by atoms with Gasteiger partial charge in [0.15, 0.2) is 0 Å². The molecule has 2 aromatic rings. The third-order valence-electron chi connectivity index (χ3n) is 6.06. The first-order valence-corrected chi connectivity index (χ1v) is 14.1. The average Bonchev–Trinajstić information content (AvgIpc) is 2.82. The highest BCUT2D eigenvalue weighted by molar-refractivity contribution is 7.92. The lowest BCUT2D eigenvalue weighted by Crippen LogP contribution is -2.49. The number of sulfonamides is 1. The van der Waals surface area contributed by atoms with Crippen molar-refractivity contribution in [2.45, 2.75) is 66.0 Å². The van der Waals surface area contributed by atoms with Crippen LogP contribution in [0.3, 0.4) is 0 Å². The van der Waals surface area contributed by atoms with Crippen molar-refractivity contribution in [3.8, 4) is 0 Å². The van der Waals surface area contributed by atoms with Crippen molar-refractivity contribution in [1.82, 2.24) is 10.2 Å². The summed E-state index contributed by atoms with van der Waals surface area (Å²) in [5.41, 5.74) is 3.62. The average molecular weight is 502 g/mol. The zero-order chi connectivity index (χ0) is 26.0. The van der Waals surface area contributed by atoms with Gasteiger partial charge in [0.05, 0.1) is 11.9 Å². The summed E-state index contributed by atoms with van der Waals surface area (Å²) in [5, 5.41) is 2.91. The van der Waals surface area contributed by atoms with E-state index in [1.807, 2.05) is 70.2 Å². The highest BCUT2D eigenvalue weighted by Crippen LogP contribution is 2.22. The minimum atomic E-state index is -3.51. The molecule has 8 heteroatoms. The summed E-state index contributed by atoms with van der Waals surface area (Å²) >= 11 is 0. The molecular weight excluding hydrogens is 462 g/mol. The number of carbonyl (C=O) groups excluding carboxylic acids is 2. The minimum absolute atomic E-state index is 0.140. The molecule has 0 bridgehead atoms. The molecule has 0 saturated carbocycles. The van der Waals surface area contributed by atoms with Crippen LogP contribution in [-0.2, 0) is 26.2 Å². The summed E-state index contributed by atoms with van der Waals surface area (Å²) in [7, 11) is -3.51. The van der Waals surface area contributed by atoms with E-state index < -0.39 is 16.1 Å². The third kappa shape index (κ3) is 8.38. The lowest BCUT2D eigenvalue weighted by Gasteiger charge is -2.31. The number of hydrogen-bond donors (Lipinski definition) is 1. The highest BCUT2D eigenvalue weighted by atomic mass is 32.2. The van der Waals surface area contributed by atoms with Gasteiger partial charge in [0.1, 0.15) is 6.04 Å². The van der Waals surface area contributed by atoms with Crippen molar-refractivity contribution < 1.29 is 18.0 Å². The Morgan fingerprint density at radius 3 is 2.26 bits per heavy atom. The quantitative estimate of drug-likeness (QED) is 0.446. The van der Waals surface area contributed by atoms with E-state index in [4.69, 9.17) is 0 Å². The molecule has 0 aromatic heterocycles. The number of aryl methyl sites for hydroxylation is 2. The molecule has 0 aliphatic heterocycles. The maximum Gasteiger partial charge on any atom is 0.242 e. The summed E-state index contributed by atoms with van der Waals surface area (Å²) in [6, 6.07) is 14.5. The smallest absolute Gasteiger partial charge is 0.242 e. The van der Waals surface area contributed by atoms with Gasteiger partial charge in [-0.2, -0.15) is 0 Å². The molecule has 0 radical (unpaired) electrons. The number of benzene rings is 2. The Kier molecular flexibility index (Phi) is 10.8. The van der Waals surface area contributed by atoms with E-state index in [0.717, 1.165) is 23.1 Å². The molecule has 0 unspecified atom stereocenters. The van der Waals surface area contributed by atoms with Gasteiger partial charge in [-0.05, 0) is 61.9 Å². The Hall–Kier alpha value is -2.87. The normalized spacial score (nSPS) is 12.1. The van der Waals surface area contributed by atoms with Crippen LogP contribution >= 0.6 is 0 Å². The van der Waals surface area contributed by atoms with Gasteiger partial charge in [-0.15, -0.1) is 0 Å². The summed E-state index contributed by atoms with van der Waals surface area (Å²) in [5.74, 6) is -0.326. The zero-order valence-corrected chi connectivity index (χ0v) is 22.4. The van der Waals surface area contributed by atoms with E-state index in [2.05, 4.69) is 5.32 Å². The fourth-order valence-corrected chi connectivity index (χ4v) is 4.91. The summed E-state index contributed by atoms with van der Waals surface area (Å²) in [6.45, 7) is 8.87. The number of hydrogen-bond acceptors (Lipinski definition) is 4. The van der Waals surface area contributed by atoms with E-state index in [-0.39, 0.29) is 24.8 Å². The molecule has 0 aliphatic rings. The molecule has 2 rings (SSSR count). The molecule has 0 heterocycles. The summed E-state index contributed by atoms with van der Waals surface area (Å²) in [4.78, 5) is 27.8. The first kappa shape index (κ1) is 28.4. The molecule has 1 atom stereocenters. The van der Waals surface area contributed by atoms with E-state index in [9.17, 15) is 18.0 Å². The Morgan fingerprint density at radius 1 is 1.00 bits per heavy atom. The van der Waals surface area contributed by atoms with Gasteiger partial charge in [0.25, 0.3) is 0 Å². The Labute approximate surface area is 210 Å². The molecule has 192 valence electrons. The van der Waals surface area contributed by atoms with Gasteiger partial charge in [0.2, 0.25) is 21.8 Å². The number of nitrogens with zero attached hydrogens (tertiary/aromatic N) is 2. The van der Waals surface area contributed by atoms with Crippen LogP contribution in [0, 0.1) is 13.8 Å². The van der Waals surface area contributed by atoms with Crippen molar-refractivity contribution >= 4 is 27.5 Å². The number of amides is 2. The van der Waals surface area contributed by atoms with Gasteiger partial charge < -0.3 is 10.2 Å². The zero-order valence-electron chi connectivity index (χ0n) is 21.6. The van der Waals surface area contributed by atoms with E-state index in [1.165, 1.54) is 10.6 Å². The fraction of sp³-hybridized carbons (Fsp3) is 0.481. The lowest BCUT2D eigenvalue weighted by atomic mass is 10.1. The molecule has 2 aromatic carbocycles. The van der Waals surface area contributed by atoms with Crippen LogP contribution in [-0.4, -0.2) is 50.5 Å². The molecule has 0 aliphatic carbocycles. The van der Waals surface area contributed by atoms with Crippen LogP contribution in [0.2, 0.25) is 0 Å². The maximum absolute atomic E-state index is 13.4. The lowest BCUT2D eigenvalue weighted by molar-refractivity contribution is -0.141. The first-order chi connectivity index (χ1) is 16.6. The van der Waals surface area contributed by atoms with Crippen LogP contribution in [0.25, 0.3) is 0 Å². The van der Waals surface area contributed by atoms with E-state index >= 15 is 0 Å². The van der Waals surface area contributed by atoms with Crippen LogP contribution in [0.4, 0.5) is 5.69 Å². The maximum atomic E-state index is 13.4. The highest BCUT2D eigenvalue weighted by Gasteiger charge is 2.28. The second kappa shape index (κ2) is 13.3. The molecule has 2 amide bonds. The van der Waals surface area contributed by atoms with Crippen molar-refractivity contribution in [3.05, 3.63) is 65.2 Å². The van der Waals surface area contributed by atoms with Crippen molar-refractivity contribution in [1.29, 1.82) is 0 Å². The number of anilines is 1. The SMILES string of the molecule is CCCNC(=O)[C@@H](CC)N(Cc1ccccc1)C(=O)CCCN(c1ccc(C)c(C)c1)S(C)(=O)=O. The summed E-state index contributed by atoms with van der Waals surface area (Å²) in [6.07, 6.45) is 2.97. The molecule has 0 spiro atoms. The van der Waals surface area contributed by atoms with Crippen LogP contribution in [0.5, 0.6) is 0 Å². The van der Waals surface area contributed by atoms with Crippen LogP contribution < -0.4 is 9.62 Å². The Balaban J connectivity index is 2.19. The molecule has 35 heavy (non-hydrogen) atoms. The minimum Gasteiger partial charge on any atom is -0.354 e. The Morgan fingerprint density at radius 2 is 1.69 bits per heavy atom. The molecule has 0 fully saturated rings. The van der Waals surface area contributed by atoms with Gasteiger partial charge in [-0.1, -0.05) is 50.2 Å². The molecular formula is C27H39N3O4S. The van der Waals surface area contributed by atoms with E-state index in [0.29, 0.717) is 31.6 Å². The van der Waals surface area contributed by atoms with Crippen LogP contribution in [0.15, 0.2) is 48.5 Å². The standard InChI is InChI=1S/C27H39N3O4S/c1-6-17-28-27(32)25(7-2)29(20-23-12-9-8-10-13-23)26(31)14-11-18-30(35(5,33)34)24-16-15-21(3)22(4)19-24/h8-10,12-13,15-16,19,25H,6-7,11,14,17-18,20H2,1-5H3,(H,28,32)/t25-/m1/s1. The van der Waals surface area contributed by atoms with Gasteiger partial charge >= 0.3 is 0 Å². The summed E-state index contributed by atoms with van der Waals surface area (Å²) < 4.78 is 26.3. The molecule has 7 nitrogen and oxygen atoms in total. The predicted octanol–water partition coefficient (Wildman–Crippen LogP) is 4.18. The number of carbonyl (C=O) groups is 2. The topological polar surface area (TPSA) is 86.8 Å². The predicted molar refractivity (Wildman–Crippen MR) is 142 cm³/mol. The van der Waals surface area contributed by atoms with Crippen molar-refractivity contribution in [2.75, 3.05) is 23.7 Å². The molecule has 1 N–H and O–H groups in total. The van der Waals surface area contributed by atoms with Gasteiger partial charge in [-0.25, -0.2) is 8.42 Å². The van der Waals surface area contributed by atoms with Gasteiger partial charge in [0, 0.05) is 26.1 Å².